The molecule has 4 heteroatoms. The van der Waals surface area contributed by atoms with Crippen LogP contribution in [0.1, 0.15) is 24.8 Å². The number of rotatable bonds is 2. The minimum atomic E-state index is -0.166. The summed E-state index contributed by atoms with van der Waals surface area (Å²) in [5.74, 6) is 0.639. The highest BCUT2D eigenvalue weighted by Crippen LogP contribution is 2.33. The average Bonchev–Trinajstić information content (AvgIpc) is 2.90. The molecule has 2 saturated heterocycles. The Kier molecular flexibility index (Phi) is 4.03. The van der Waals surface area contributed by atoms with Crippen LogP contribution < -0.4 is 5.32 Å². The Morgan fingerprint density at radius 1 is 1.35 bits per heavy atom. The topological polar surface area (TPSA) is 41.6 Å². The molecule has 3 rings (SSSR count). The number of morpholine rings is 1. The molecule has 0 unspecified atom stereocenters. The number of ether oxygens (including phenoxy) is 1. The molecule has 1 N–H and O–H groups in total. The lowest BCUT2D eigenvalue weighted by Gasteiger charge is -2.31. The van der Waals surface area contributed by atoms with Crippen LogP contribution in [0.15, 0.2) is 30.3 Å². The highest BCUT2D eigenvalue weighted by atomic mass is 16.5. The van der Waals surface area contributed by atoms with Gasteiger partial charge >= 0.3 is 0 Å². The lowest BCUT2D eigenvalue weighted by Crippen LogP contribution is -2.53. The summed E-state index contributed by atoms with van der Waals surface area (Å²) in [7, 11) is 0. The van der Waals surface area contributed by atoms with E-state index in [2.05, 4.69) is 36.5 Å². The zero-order chi connectivity index (χ0) is 13.9. The van der Waals surface area contributed by atoms with E-state index in [4.69, 9.17) is 4.74 Å². The van der Waals surface area contributed by atoms with Crippen molar-refractivity contribution in [2.24, 2.45) is 0 Å². The summed E-state index contributed by atoms with van der Waals surface area (Å²) in [6, 6.07) is 10.6. The third-order valence-electron chi connectivity index (χ3n) is 4.49. The number of benzene rings is 1. The van der Waals surface area contributed by atoms with Gasteiger partial charge < -0.3 is 15.0 Å². The molecular weight excluding hydrogens is 252 g/mol. The third kappa shape index (κ3) is 2.58. The van der Waals surface area contributed by atoms with Crippen LogP contribution in [-0.4, -0.2) is 49.2 Å². The lowest BCUT2D eigenvalue weighted by molar-refractivity contribution is -0.137. The normalized spacial score (nSPS) is 30.4. The number of nitrogens with one attached hydrogen (secondary N) is 1. The van der Waals surface area contributed by atoms with E-state index in [9.17, 15) is 4.79 Å². The van der Waals surface area contributed by atoms with Crippen molar-refractivity contribution in [1.29, 1.82) is 0 Å². The van der Waals surface area contributed by atoms with Gasteiger partial charge in [0.25, 0.3) is 0 Å². The van der Waals surface area contributed by atoms with Gasteiger partial charge in [-0.15, -0.1) is 0 Å². The maximum absolute atomic E-state index is 12.6. The smallest absolute Gasteiger partial charge is 0.242 e. The molecule has 1 aromatic carbocycles. The van der Waals surface area contributed by atoms with Crippen LogP contribution in [0.25, 0.3) is 0 Å². The van der Waals surface area contributed by atoms with Gasteiger partial charge in [-0.25, -0.2) is 0 Å². The Bertz CT molecular complexity index is 457. The first-order chi connectivity index (χ1) is 9.77. The molecule has 4 nitrogen and oxygen atoms in total. The van der Waals surface area contributed by atoms with Crippen LogP contribution in [0.5, 0.6) is 0 Å². The Balaban J connectivity index is 1.69. The van der Waals surface area contributed by atoms with Crippen molar-refractivity contribution in [2.75, 3.05) is 26.3 Å². The highest BCUT2D eigenvalue weighted by molar-refractivity contribution is 5.83. The molecule has 0 saturated carbocycles. The number of carbonyl (C=O) groups is 1. The minimum Gasteiger partial charge on any atom is -0.378 e. The van der Waals surface area contributed by atoms with E-state index in [-0.39, 0.29) is 18.0 Å². The van der Waals surface area contributed by atoms with Crippen molar-refractivity contribution in [3.8, 4) is 0 Å². The van der Waals surface area contributed by atoms with Gasteiger partial charge in [0.1, 0.15) is 6.04 Å². The Hall–Kier alpha value is -1.39. The summed E-state index contributed by atoms with van der Waals surface area (Å²) >= 11 is 0. The zero-order valence-corrected chi connectivity index (χ0v) is 11.9. The average molecular weight is 274 g/mol. The summed E-state index contributed by atoms with van der Waals surface area (Å²) in [5, 5.41) is 3.25. The molecule has 20 heavy (non-hydrogen) atoms. The summed E-state index contributed by atoms with van der Waals surface area (Å²) < 4.78 is 5.40. The maximum atomic E-state index is 12.6. The second-order valence-electron chi connectivity index (χ2n) is 5.66. The first-order valence-electron chi connectivity index (χ1n) is 7.44. The fourth-order valence-corrected chi connectivity index (χ4v) is 3.32. The monoisotopic (exact) mass is 274 g/mol. The molecule has 0 bridgehead atoms. The third-order valence-corrected chi connectivity index (χ3v) is 4.49. The van der Waals surface area contributed by atoms with E-state index in [1.807, 2.05) is 11.0 Å². The first-order valence-corrected chi connectivity index (χ1v) is 7.44. The van der Waals surface area contributed by atoms with E-state index in [0.29, 0.717) is 19.1 Å². The van der Waals surface area contributed by atoms with Gasteiger partial charge in [-0.2, -0.15) is 0 Å². The van der Waals surface area contributed by atoms with Crippen molar-refractivity contribution in [2.45, 2.75) is 31.3 Å². The first kappa shape index (κ1) is 13.6. The van der Waals surface area contributed by atoms with Crippen molar-refractivity contribution in [1.82, 2.24) is 10.2 Å². The van der Waals surface area contributed by atoms with E-state index >= 15 is 0 Å². The van der Waals surface area contributed by atoms with Gasteiger partial charge in [0, 0.05) is 25.0 Å². The number of carbonyl (C=O) groups excluding carboxylic acids is 1. The Morgan fingerprint density at radius 3 is 2.85 bits per heavy atom. The highest BCUT2D eigenvalue weighted by Gasteiger charge is 2.37. The van der Waals surface area contributed by atoms with Crippen LogP contribution in [0.2, 0.25) is 0 Å². The molecule has 2 aliphatic heterocycles. The van der Waals surface area contributed by atoms with Gasteiger partial charge in [0.15, 0.2) is 0 Å². The van der Waals surface area contributed by atoms with E-state index in [0.717, 1.165) is 19.5 Å². The second-order valence-corrected chi connectivity index (χ2v) is 5.66. The number of amides is 1. The lowest BCUT2D eigenvalue weighted by atomic mass is 9.93. The minimum absolute atomic E-state index is 0.166. The fraction of sp³-hybridized carbons (Fsp3) is 0.562. The molecular formula is C16H22N2O2. The molecule has 108 valence electrons. The predicted octanol–water partition coefficient (Wildman–Crippen LogP) is 1.38. The van der Waals surface area contributed by atoms with Crippen LogP contribution in [0, 0.1) is 0 Å². The van der Waals surface area contributed by atoms with Crippen LogP contribution >= 0.6 is 0 Å². The summed E-state index contributed by atoms with van der Waals surface area (Å²) in [6.07, 6.45) is 1.05. The SMILES string of the molecule is C[C@@H]1[C@@H](c2ccccc2)CCN1C(=O)[C@@H]1COCCN1. The molecule has 1 aromatic rings. The van der Waals surface area contributed by atoms with Crippen LogP contribution in [0.4, 0.5) is 0 Å². The second kappa shape index (κ2) is 5.94. The number of hydrogen-bond donors (Lipinski definition) is 1. The largest absolute Gasteiger partial charge is 0.378 e. The van der Waals surface area contributed by atoms with Crippen molar-refractivity contribution < 1.29 is 9.53 Å². The summed E-state index contributed by atoms with van der Waals surface area (Å²) in [6.45, 7) is 4.97. The van der Waals surface area contributed by atoms with Gasteiger partial charge in [0.2, 0.25) is 5.91 Å². The molecule has 0 aliphatic carbocycles. The predicted molar refractivity (Wildman–Crippen MR) is 77.6 cm³/mol. The van der Waals surface area contributed by atoms with Gasteiger partial charge in [0.05, 0.1) is 13.2 Å². The van der Waals surface area contributed by atoms with Crippen LogP contribution in [-0.2, 0) is 9.53 Å². The Labute approximate surface area is 120 Å². The van der Waals surface area contributed by atoms with E-state index in [1.165, 1.54) is 5.56 Å². The Morgan fingerprint density at radius 2 is 2.15 bits per heavy atom. The number of nitrogens with zero attached hydrogens (tertiary/aromatic N) is 1. The van der Waals surface area contributed by atoms with Crippen molar-refractivity contribution >= 4 is 5.91 Å². The van der Waals surface area contributed by atoms with Crippen molar-refractivity contribution in [3.63, 3.8) is 0 Å². The van der Waals surface area contributed by atoms with E-state index in [1.54, 1.807) is 0 Å². The van der Waals surface area contributed by atoms with Gasteiger partial charge in [-0.1, -0.05) is 30.3 Å². The van der Waals surface area contributed by atoms with Gasteiger partial charge in [-0.05, 0) is 18.9 Å². The molecule has 0 radical (unpaired) electrons. The molecule has 1 amide bonds. The molecule has 2 fully saturated rings. The molecule has 2 aliphatic rings. The summed E-state index contributed by atoms with van der Waals surface area (Å²) in [5.41, 5.74) is 1.34. The maximum Gasteiger partial charge on any atom is 0.242 e. The van der Waals surface area contributed by atoms with Gasteiger partial charge in [-0.3, -0.25) is 4.79 Å². The molecule has 2 heterocycles. The standard InChI is InChI=1S/C16H22N2O2/c1-12-14(13-5-3-2-4-6-13)7-9-18(12)16(19)15-11-20-10-8-17-15/h2-6,12,14-15,17H,7-11H2,1H3/t12-,14+,15+/m1/s1. The zero-order valence-electron chi connectivity index (χ0n) is 11.9. The fourth-order valence-electron chi connectivity index (χ4n) is 3.32. The van der Waals surface area contributed by atoms with Crippen LogP contribution in [0.3, 0.4) is 0 Å². The van der Waals surface area contributed by atoms with Crippen molar-refractivity contribution in [3.05, 3.63) is 35.9 Å². The molecule has 0 aromatic heterocycles. The summed E-state index contributed by atoms with van der Waals surface area (Å²) in [4.78, 5) is 14.6. The number of likely N-dealkylation sites (tertiary alicyclic amines) is 1. The molecule has 0 spiro atoms. The quantitative estimate of drug-likeness (QED) is 0.886. The number of hydrogen-bond acceptors (Lipinski definition) is 3. The molecule has 3 atom stereocenters. The van der Waals surface area contributed by atoms with E-state index < -0.39 is 0 Å².